The Labute approximate surface area is 141 Å². The molecule has 4 nitrogen and oxygen atoms in total. The van der Waals surface area contributed by atoms with E-state index in [1.165, 1.54) is 0 Å². The van der Waals surface area contributed by atoms with Gasteiger partial charge in [0.25, 0.3) is 0 Å². The summed E-state index contributed by atoms with van der Waals surface area (Å²) in [4.78, 5) is 13.8. The first-order chi connectivity index (χ1) is 11.1. The molecule has 0 spiro atoms. The SMILES string of the molecule is Cc1nn(Cc2ccccc2Cl)c(C)c1C=CC(=O)N1CCC1. The Morgan fingerprint density at radius 1 is 1.30 bits per heavy atom. The van der Waals surface area contributed by atoms with Crippen LogP contribution < -0.4 is 0 Å². The van der Waals surface area contributed by atoms with Crippen molar-refractivity contribution in [1.82, 2.24) is 14.7 Å². The monoisotopic (exact) mass is 329 g/mol. The number of aromatic nitrogens is 2. The van der Waals surface area contributed by atoms with Crippen molar-refractivity contribution >= 4 is 23.6 Å². The molecule has 5 heteroatoms. The van der Waals surface area contributed by atoms with Crippen molar-refractivity contribution in [3.8, 4) is 0 Å². The average molecular weight is 330 g/mol. The normalized spacial score (nSPS) is 14.3. The van der Waals surface area contributed by atoms with Gasteiger partial charge < -0.3 is 4.90 Å². The van der Waals surface area contributed by atoms with E-state index in [1.807, 2.05) is 53.8 Å². The first-order valence-electron chi connectivity index (χ1n) is 7.80. The van der Waals surface area contributed by atoms with E-state index in [9.17, 15) is 4.79 Å². The minimum absolute atomic E-state index is 0.0777. The van der Waals surface area contributed by atoms with Crippen LogP contribution in [0.15, 0.2) is 30.3 Å². The Morgan fingerprint density at radius 3 is 2.70 bits per heavy atom. The zero-order chi connectivity index (χ0) is 16.4. The number of hydrogen-bond acceptors (Lipinski definition) is 2. The van der Waals surface area contributed by atoms with E-state index in [4.69, 9.17) is 11.6 Å². The Hall–Kier alpha value is -2.07. The van der Waals surface area contributed by atoms with E-state index >= 15 is 0 Å². The third-order valence-corrected chi connectivity index (χ3v) is 4.64. The van der Waals surface area contributed by atoms with Crippen LogP contribution in [0.5, 0.6) is 0 Å². The first kappa shape index (κ1) is 15.8. The molecule has 1 aliphatic rings. The third kappa shape index (κ3) is 3.32. The number of likely N-dealkylation sites (tertiary alicyclic amines) is 1. The van der Waals surface area contributed by atoms with Gasteiger partial charge in [-0.25, -0.2) is 0 Å². The van der Waals surface area contributed by atoms with Crippen LogP contribution in [0.3, 0.4) is 0 Å². The summed E-state index contributed by atoms with van der Waals surface area (Å²) in [5.74, 6) is 0.0777. The van der Waals surface area contributed by atoms with E-state index in [1.54, 1.807) is 6.08 Å². The quantitative estimate of drug-likeness (QED) is 0.806. The fraction of sp³-hybridized carbons (Fsp3) is 0.333. The van der Waals surface area contributed by atoms with Crippen molar-refractivity contribution in [3.05, 3.63) is 57.9 Å². The molecule has 0 radical (unpaired) electrons. The van der Waals surface area contributed by atoms with Crippen molar-refractivity contribution in [1.29, 1.82) is 0 Å². The van der Waals surface area contributed by atoms with Crippen LogP contribution in [0, 0.1) is 13.8 Å². The van der Waals surface area contributed by atoms with Gasteiger partial charge in [0.15, 0.2) is 0 Å². The van der Waals surface area contributed by atoms with Crippen molar-refractivity contribution in [2.75, 3.05) is 13.1 Å². The van der Waals surface area contributed by atoms with Crippen LogP contribution in [-0.4, -0.2) is 33.7 Å². The van der Waals surface area contributed by atoms with Crippen molar-refractivity contribution < 1.29 is 4.79 Å². The molecule has 0 N–H and O–H groups in total. The lowest BCUT2D eigenvalue weighted by Crippen LogP contribution is -2.40. The smallest absolute Gasteiger partial charge is 0.246 e. The summed E-state index contributed by atoms with van der Waals surface area (Å²) in [7, 11) is 0. The number of aryl methyl sites for hydroxylation is 1. The van der Waals surface area contributed by atoms with Crippen LogP contribution in [0.4, 0.5) is 0 Å². The Morgan fingerprint density at radius 2 is 2.04 bits per heavy atom. The van der Waals surface area contributed by atoms with Gasteiger partial charge in [-0.05, 0) is 38.0 Å². The summed E-state index contributed by atoms with van der Waals surface area (Å²) in [6.45, 7) is 6.34. The summed E-state index contributed by atoms with van der Waals surface area (Å²) >= 11 is 6.23. The van der Waals surface area contributed by atoms with Crippen LogP contribution in [0.1, 0.15) is 28.9 Å². The zero-order valence-electron chi connectivity index (χ0n) is 13.4. The van der Waals surface area contributed by atoms with Crippen LogP contribution in [0.2, 0.25) is 5.02 Å². The predicted molar refractivity (Wildman–Crippen MR) is 92.5 cm³/mol. The minimum Gasteiger partial charge on any atom is -0.339 e. The average Bonchev–Trinajstić information content (AvgIpc) is 2.72. The van der Waals surface area contributed by atoms with Gasteiger partial charge in [-0.2, -0.15) is 5.10 Å². The van der Waals surface area contributed by atoms with Gasteiger partial charge in [0.05, 0.1) is 12.2 Å². The Balaban J connectivity index is 1.80. The molecule has 1 fully saturated rings. The fourth-order valence-electron chi connectivity index (χ4n) is 2.69. The highest BCUT2D eigenvalue weighted by Gasteiger charge is 2.18. The largest absolute Gasteiger partial charge is 0.339 e. The molecule has 120 valence electrons. The maximum atomic E-state index is 12.0. The van der Waals surface area contributed by atoms with Gasteiger partial charge in [0, 0.05) is 35.4 Å². The minimum atomic E-state index is 0.0777. The molecule has 0 unspecified atom stereocenters. The molecule has 2 aromatic rings. The molecule has 1 aromatic heterocycles. The molecule has 0 aliphatic carbocycles. The summed E-state index contributed by atoms with van der Waals surface area (Å²) in [5, 5.41) is 5.33. The van der Waals surface area contributed by atoms with Crippen LogP contribution in [-0.2, 0) is 11.3 Å². The Kier molecular flexibility index (Phi) is 4.53. The first-order valence-corrected chi connectivity index (χ1v) is 8.18. The second-order valence-electron chi connectivity index (χ2n) is 5.85. The molecule has 0 atom stereocenters. The molecule has 3 rings (SSSR count). The lowest BCUT2D eigenvalue weighted by atomic mass is 10.1. The highest BCUT2D eigenvalue weighted by Crippen LogP contribution is 2.20. The van der Waals surface area contributed by atoms with Gasteiger partial charge in [-0.3, -0.25) is 9.48 Å². The van der Waals surface area contributed by atoms with Crippen LogP contribution in [0.25, 0.3) is 6.08 Å². The van der Waals surface area contributed by atoms with E-state index in [0.29, 0.717) is 6.54 Å². The molecule has 1 aromatic carbocycles. The van der Waals surface area contributed by atoms with E-state index in [0.717, 1.165) is 47.0 Å². The number of nitrogens with zero attached hydrogens (tertiary/aromatic N) is 3. The second-order valence-corrected chi connectivity index (χ2v) is 6.25. The van der Waals surface area contributed by atoms with Gasteiger partial charge in [0.2, 0.25) is 5.91 Å². The van der Waals surface area contributed by atoms with Gasteiger partial charge in [-0.15, -0.1) is 0 Å². The van der Waals surface area contributed by atoms with Crippen molar-refractivity contribution in [2.45, 2.75) is 26.8 Å². The third-order valence-electron chi connectivity index (χ3n) is 4.28. The number of amides is 1. The summed E-state index contributed by atoms with van der Waals surface area (Å²) in [5.41, 5.74) is 4.00. The van der Waals surface area contributed by atoms with E-state index < -0.39 is 0 Å². The topological polar surface area (TPSA) is 38.1 Å². The molecule has 0 bridgehead atoms. The van der Waals surface area contributed by atoms with Gasteiger partial charge >= 0.3 is 0 Å². The molecule has 23 heavy (non-hydrogen) atoms. The molecule has 1 saturated heterocycles. The van der Waals surface area contributed by atoms with E-state index in [-0.39, 0.29) is 5.91 Å². The summed E-state index contributed by atoms with van der Waals surface area (Å²) in [6.07, 6.45) is 4.63. The highest BCUT2D eigenvalue weighted by atomic mass is 35.5. The number of carbonyl (C=O) groups excluding carboxylic acids is 1. The Bertz CT molecular complexity index is 760. The molecule has 2 heterocycles. The lowest BCUT2D eigenvalue weighted by molar-refractivity contribution is -0.129. The number of hydrogen-bond donors (Lipinski definition) is 0. The standard InChI is InChI=1S/C18H20ClN3O/c1-13-16(8-9-18(23)21-10-5-11-21)14(2)22(20-13)12-15-6-3-4-7-17(15)19/h3-4,6-9H,5,10-12H2,1-2H3. The van der Waals surface area contributed by atoms with Gasteiger partial charge in [-0.1, -0.05) is 29.8 Å². The molecule has 1 amide bonds. The molecular formula is C18H20ClN3O. The number of halogens is 1. The van der Waals surface area contributed by atoms with Crippen molar-refractivity contribution in [2.24, 2.45) is 0 Å². The molecular weight excluding hydrogens is 310 g/mol. The maximum absolute atomic E-state index is 12.0. The fourth-order valence-corrected chi connectivity index (χ4v) is 2.89. The molecule has 1 aliphatic heterocycles. The number of benzene rings is 1. The van der Waals surface area contributed by atoms with Crippen LogP contribution >= 0.6 is 11.6 Å². The lowest BCUT2D eigenvalue weighted by Gasteiger charge is -2.29. The molecule has 0 saturated carbocycles. The number of rotatable bonds is 4. The highest BCUT2D eigenvalue weighted by molar-refractivity contribution is 6.31. The summed E-state index contributed by atoms with van der Waals surface area (Å²) in [6, 6.07) is 7.78. The zero-order valence-corrected chi connectivity index (χ0v) is 14.2. The summed E-state index contributed by atoms with van der Waals surface area (Å²) < 4.78 is 1.93. The second kappa shape index (κ2) is 6.59. The number of carbonyl (C=O) groups is 1. The van der Waals surface area contributed by atoms with Crippen molar-refractivity contribution in [3.63, 3.8) is 0 Å². The predicted octanol–water partition coefficient (Wildman–Crippen LogP) is 3.45. The van der Waals surface area contributed by atoms with Gasteiger partial charge in [0.1, 0.15) is 0 Å². The van der Waals surface area contributed by atoms with E-state index in [2.05, 4.69) is 5.10 Å². The maximum Gasteiger partial charge on any atom is 0.246 e.